The molecule has 0 spiro atoms. The van der Waals surface area contributed by atoms with Crippen molar-refractivity contribution in [3.05, 3.63) is 82.6 Å². The number of H-pyrrole nitrogens is 1. The highest BCUT2D eigenvalue weighted by molar-refractivity contribution is 6.20. The summed E-state index contributed by atoms with van der Waals surface area (Å²) in [6.07, 6.45) is 2.73. The summed E-state index contributed by atoms with van der Waals surface area (Å²) >= 11 is 0. The number of rotatable bonds is 2. The third-order valence-electron chi connectivity index (χ3n) is 5.19. The van der Waals surface area contributed by atoms with Crippen molar-refractivity contribution in [3.8, 4) is 0 Å². The van der Waals surface area contributed by atoms with Gasteiger partial charge in [-0.05, 0) is 30.5 Å². The van der Waals surface area contributed by atoms with Crippen LogP contribution in [0.5, 0.6) is 0 Å². The quantitative estimate of drug-likeness (QED) is 0.658. The Morgan fingerprint density at radius 3 is 2.71 bits per heavy atom. The van der Waals surface area contributed by atoms with Crippen LogP contribution in [0.15, 0.2) is 49.1 Å². The summed E-state index contributed by atoms with van der Waals surface area (Å²) in [7, 11) is 0. The number of carbonyl (C=O) groups is 1. The Morgan fingerprint density at radius 1 is 1.17 bits per heavy atom. The third-order valence-corrected chi connectivity index (χ3v) is 5.19. The predicted molar refractivity (Wildman–Crippen MR) is 98.9 cm³/mol. The van der Waals surface area contributed by atoms with E-state index in [2.05, 4.69) is 56.6 Å². The van der Waals surface area contributed by atoms with Crippen LogP contribution in [0.25, 0.3) is 10.9 Å². The summed E-state index contributed by atoms with van der Waals surface area (Å²) in [6, 6.07) is 12.4. The van der Waals surface area contributed by atoms with Gasteiger partial charge < -0.3 is 4.98 Å². The number of benzene rings is 2. The summed E-state index contributed by atoms with van der Waals surface area (Å²) in [4.78, 5) is 16.7. The molecule has 0 bridgehead atoms. The number of carbonyl (C=O) groups excluding carboxylic acids is 1. The van der Waals surface area contributed by atoms with Crippen molar-refractivity contribution in [1.82, 2.24) is 4.98 Å². The molecule has 4 rings (SSSR count). The van der Waals surface area contributed by atoms with Gasteiger partial charge in [0.25, 0.3) is 0 Å². The first kappa shape index (κ1) is 14.9. The van der Waals surface area contributed by atoms with Crippen molar-refractivity contribution in [2.45, 2.75) is 32.6 Å². The molecule has 1 aromatic heterocycles. The van der Waals surface area contributed by atoms with Crippen LogP contribution in [0.1, 0.15) is 52.2 Å². The summed E-state index contributed by atoms with van der Waals surface area (Å²) < 4.78 is 0. The van der Waals surface area contributed by atoms with Gasteiger partial charge in [0, 0.05) is 27.6 Å². The van der Waals surface area contributed by atoms with Gasteiger partial charge in [0.1, 0.15) is 0 Å². The highest BCUT2D eigenvalue weighted by atomic mass is 16.1. The standard InChI is InChI=1S/C22H21NO/c1-5-6-14-8-10-16-18(12-14)23-21-19(16)20(24)15-9-7-13(2)11-17(15)22(21,3)4/h5,7-12,23H,1,6H2,2-4H3. The minimum Gasteiger partial charge on any atom is -0.357 e. The summed E-state index contributed by atoms with van der Waals surface area (Å²) in [5.74, 6) is 0.127. The van der Waals surface area contributed by atoms with Crippen LogP contribution in [0.2, 0.25) is 0 Å². The second kappa shape index (κ2) is 4.94. The van der Waals surface area contributed by atoms with Crippen LogP contribution in [0, 0.1) is 6.92 Å². The van der Waals surface area contributed by atoms with E-state index in [4.69, 9.17) is 0 Å². The van der Waals surface area contributed by atoms with Gasteiger partial charge in [-0.3, -0.25) is 4.79 Å². The van der Waals surface area contributed by atoms with Crippen LogP contribution in [-0.2, 0) is 11.8 Å². The van der Waals surface area contributed by atoms with Crippen LogP contribution in [-0.4, -0.2) is 10.8 Å². The largest absolute Gasteiger partial charge is 0.357 e. The van der Waals surface area contributed by atoms with Gasteiger partial charge in [0.05, 0.1) is 5.56 Å². The molecule has 0 saturated heterocycles. The van der Waals surface area contributed by atoms with Crippen molar-refractivity contribution >= 4 is 16.7 Å². The van der Waals surface area contributed by atoms with Gasteiger partial charge in [0.15, 0.2) is 5.78 Å². The van der Waals surface area contributed by atoms with Crippen molar-refractivity contribution in [2.24, 2.45) is 0 Å². The molecule has 1 aliphatic carbocycles. The number of allylic oxidation sites excluding steroid dienone is 1. The van der Waals surface area contributed by atoms with Crippen molar-refractivity contribution in [1.29, 1.82) is 0 Å². The fourth-order valence-electron chi connectivity index (χ4n) is 3.89. The molecule has 0 aliphatic heterocycles. The van der Waals surface area contributed by atoms with Crippen LogP contribution in [0.4, 0.5) is 0 Å². The zero-order chi connectivity index (χ0) is 17.1. The normalized spacial score (nSPS) is 15.2. The second-order valence-electron chi connectivity index (χ2n) is 7.25. The molecule has 1 N–H and O–H groups in total. The Hall–Kier alpha value is -2.61. The van der Waals surface area contributed by atoms with E-state index in [0.717, 1.165) is 39.7 Å². The molecule has 0 saturated carbocycles. The molecule has 120 valence electrons. The SMILES string of the molecule is C=CCc1ccc2c3c([nH]c2c1)C(C)(C)c1cc(C)ccc1C3=O. The molecule has 0 radical (unpaired) electrons. The first-order valence-corrected chi connectivity index (χ1v) is 8.35. The van der Waals surface area contributed by atoms with Crippen molar-refractivity contribution in [2.75, 3.05) is 0 Å². The first-order valence-electron chi connectivity index (χ1n) is 8.35. The predicted octanol–water partition coefficient (Wildman–Crippen LogP) is 5.08. The fraction of sp³-hybridized carbons (Fsp3) is 0.227. The van der Waals surface area contributed by atoms with E-state index >= 15 is 0 Å². The van der Waals surface area contributed by atoms with Gasteiger partial charge in [-0.15, -0.1) is 6.58 Å². The Bertz CT molecular complexity index is 1000. The van der Waals surface area contributed by atoms with Gasteiger partial charge in [0.2, 0.25) is 0 Å². The van der Waals surface area contributed by atoms with E-state index in [1.807, 2.05) is 18.2 Å². The number of nitrogens with one attached hydrogen (secondary N) is 1. The maximum Gasteiger partial charge on any atom is 0.195 e. The van der Waals surface area contributed by atoms with E-state index < -0.39 is 0 Å². The van der Waals surface area contributed by atoms with Crippen LogP contribution in [0.3, 0.4) is 0 Å². The average molecular weight is 315 g/mol. The molecular formula is C22H21NO. The van der Waals surface area contributed by atoms with Crippen molar-refractivity contribution < 1.29 is 4.79 Å². The minimum atomic E-state index is -0.220. The number of fused-ring (bicyclic) bond motifs is 4. The second-order valence-corrected chi connectivity index (χ2v) is 7.25. The molecular weight excluding hydrogens is 294 g/mol. The zero-order valence-corrected chi connectivity index (χ0v) is 14.4. The average Bonchev–Trinajstić information content (AvgIpc) is 2.93. The summed E-state index contributed by atoms with van der Waals surface area (Å²) in [5, 5.41) is 1.02. The molecule has 2 nitrogen and oxygen atoms in total. The Balaban J connectivity index is 2.02. The Labute approximate surface area is 142 Å². The number of hydrogen-bond donors (Lipinski definition) is 1. The van der Waals surface area contributed by atoms with E-state index in [1.165, 1.54) is 11.1 Å². The highest BCUT2D eigenvalue weighted by Gasteiger charge is 2.39. The monoisotopic (exact) mass is 315 g/mol. The lowest BCUT2D eigenvalue weighted by Crippen LogP contribution is -2.30. The lowest BCUT2D eigenvalue weighted by molar-refractivity contribution is 0.103. The summed E-state index contributed by atoms with van der Waals surface area (Å²) in [6.45, 7) is 10.3. The van der Waals surface area contributed by atoms with E-state index in [9.17, 15) is 4.79 Å². The molecule has 0 amide bonds. The van der Waals surface area contributed by atoms with E-state index in [-0.39, 0.29) is 11.2 Å². The topological polar surface area (TPSA) is 32.9 Å². The van der Waals surface area contributed by atoms with Gasteiger partial charge >= 0.3 is 0 Å². The molecule has 0 atom stereocenters. The molecule has 1 aliphatic rings. The summed E-state index contributed by atoms with van der Waals surface area (Å²) in [5.41, 5.74) is 6.99. The molecule has 3 aromatic rings. The highest BCUT2D eigenvalue weighted by Crippen LogP contribution is 2.43. The molecule has 2 aromatic carbocycles. The number of hydrogen-bond acceptors (Lipinski definition) is 1. The number of ketones is 1. The third kappa shape index (κ3) is 1.92. The van der Waals surface area contributed by atoms with E-state index in [1.54, 1.807) is 0 Å². The fourth-order valence-corrected chi connectivity index (χ4v) is 3.89. The molecule has 1 heterocycles. The minimum absolute atomic E-state index is 0.127. The van der Waals surface area contributed by atoms with Gasteiger partial charge in [-0.2, -0.15) is 0 Å². The smallest absolute Gasteiger partial charge is 0.195 e. The number of aryl methyl sites for hydroxylation is 1. The molecule has 2 heteroatoms. The maximum absolute atomic E-state index is 13.2. The van der Waals surface area contributed by atoms with Crippen LogP contribution < -0.4 is 0 Å². The zero-order valence-electron chi connectivity index (χ0n) is 14.4. The Morgan fingerprint density at radius 2 is 1.96 bits per heavy atom. The van der Waals surface area contributed by atoms with Crippen LogP contribution >= 0.6 is 0 Å². The number of aromatic amines is 1. The van der Waals surface area contributed by atoms with Crippen molar-refractivity contribution in [3.63, 3.8) is 0 Å². The lowest BCUT2D eigenvalue weighted by atomic mass is 9.71. The van der Waals surface area contributed by atoms with Gasteiger partial charge in [-0.25, -0.2) is 0 Å². The molecule has 0 fully saturated rings. The van der Waals surface area contributed by atoms with Gasteiger partial charge in [-0.1, -0.05) is 55.8 Å². The lowest BCUT2D eigenvalue weighted by Gasteiger charge is -2.32. The number of aromatic nitrogens is 1. The Kier molecular flexibility index (Phi) is 3.08. The first-order chi connectivity index (χ1) is 11.4. The molecule has 24 heavy (non-hydrogen) atoms. The molecule has 0 unspecified atom stereocenters. The van der Waals surface area contributed by atoms with E-state index in [0.29, 0.717) is 0 Å². The maximum atomic E-state index is 13.2.